The number of thiazole rings is 1. The molecule has 0 saturated carbocycles. The van der Waals surface area contributed by atoms with Gasteiger partial charge in [-0.05, 0) is 72.2 Å². The van der Waals surface area contributed by atoms with Gasteiger partial charge in [0.25, 0.3) is 0 Å². The van der Waals surface area contributed by atoms with E-state index in [9.17, 15) is 10.5 Å². The van der Waals surface area contributed by atoms with E-state index in [0.29, 0.717) is 16.2 Å². The highest BCUT2D eigenvalue weighted by Gasteiger charge is 2.37. The van der Waals surface area contributed by atoms with Crippen LogP contribution >= 0.6 is 23.1 Å². The quantitative estimate of drug-likeness (QED) is 0.186. The van der Waals surface area contributed by atoms with Crippen molar-refractivity contribution >= 4 is 50.0 Å². The predicted molar refractivity (Wildman–Crippen MR) is 202 cm³/mol. The summed E-state index contributed by atoms with van der Waals surface area (Å²) < 4.78 is 1.04. The Morgan fingerprint density at radius 3 is 2.41 bits per heavy atom. The van der Waals surface area contributed by atoms with Gasteiger partial charge in [-0.15, -0.1) is 11.3 Å². The highest BCUT2D eigenvalue weighted by molar-refractivity contribution is 8.03. The van der Waals surface area contributed by atoms with Crippen molar-refractivity contribution in [3.63, 3.8) is 0 Å². The molecule has 236 valence electrons. The Bertz CT molecular complexity index is 2520. The molecule has 0 amide bonds. The second-order valence-electron chi connectivity index (χ2n) is 12.4. The van der Waals surface area contributed by atoms with Crippen molar-refractivity contribution in [1.82, 2.24) is 9.97 Å². The molecule has 2 aromatic heterocycles. The monoisotopic (exact) mass is 668 g/mol. The van der Waals surface area contributed by atoms with Crippen molar-refractivity contribution < 1.29 is 0 Å². The maximum absolute atomic E-state index is 11.2. The number of para-hydroxylation sites is 1. The Morgan fingerprint density at radius 1 is 0.878 bits per heavy atom. The summed E-state index contributed by atoms with van der Waals surface area (Å²) in [5.74, 6) is -0.0624. The van der Waals surface area contributed by atoms with Gasteiger partial charge in [-0.3, -0.25) is 0 Å². The van der Waals surface area contributed by atoms with E-state index in [-0.39, 0.29) is 5.92 Å². The molecule has 3 heterocycles. The summed E-state index contributed by atoms with van der Waals surface area (Å²) in [4.78, 5) is 10.9. The first kappa shape index (κ1) is 30.9. The molecule has 0 spiro atoms. The zero-order valence-corrected chi connectivity index (χ0v) is 28.9. The van der Waals surface area contributed by atoms with Crippen molar-refractivity contribution in [3.05, 3.63) is 158 Å². The Kier molecular flexibility index (Phi) is 8.14. The van der Waals surface area contributed by atoms with Crippen LogP contribution in [0.2, 0.25) is 0 Å². The van der Waals surface area contributed by atoms with Crippen molar-refractivity contribution in [3.8, 4) is 23.4 Å². The number of aromatic nitrogens is 2. The van der Waals surface area contributed by atoms with Crippen molar-refractivity contribution in [2.75, 3.05) is 0 Å². The van der Waals surface area contributed by atoms with Crippen LogP contribution < -0.4 is 10.6 Å². The van der Waals surface area contributed by atoms with Gasteiger partial charge in [-0.2, -0.15) is 10.5 Å². The van der Waals surface area contributed by atoms with Crippen LogP contribution in [0.5, 0.6) is 0 Å². The fraction of sp³-hybridized carbons (Fsp3) is 0.140. The van der Waals surface area contributed by atoms with E-state index in [1.165, 1.54) is 21.8 Å². The number of aryl methyl sites for hydroxylation is 2. The van der Waals surface area contributed by atoms with Crippen LogP contribution in [0.25, 0.3) is 38.2 Å². The lowest BCUT2D eigenvalue weighted by Crippen LogP contribution is -2.28. The number of thioether (sulfide) groups is 1. The molecule has 6 aromatic rings. The summed E-state index contributed by atoms with van der Waals surface area (Å²) in [5, 5.41) is 24.5. The van der Waals surface area contributed by atoms with Gasteiger partial charge in [0, 0.05) is 26.5 Å². The van der Waals surface area contributed by atoms with E-state index >= 15 is 0 Å². The first-order valence-corrected chi connectivity index (χ1v) is 18.2. The van der Waals surface area contributed by atoms with Crippen LogP contribution in [0.1, 0.15) is 47.0 Å². The van der Waals surface area contributed by atoms with Gasteiger partial charge in [-0.1, -0.05) is 115 Å². The van der Waals surface area contributed by atoms with Gasteiger partial charge in [0.15, 0.2) is 0 Å². The van der Waals surface area contributed by atoms with E-state index in [4.69, 9.17) is 4.98 Å². The van der Waals surface area contributed by atoms with Gasteiger partial charge in [-0.25, -0.2) is 4.98 Å². The van der Waals surface area contributed by atoms with Crippen LogP contribution in [-0.2, 0) is 6.42 Å². The lowest BCUT2D eigenvalue weighted by molar-refractivity contribution is 0.818. The maximum atomic E-state index is 11.2. The Labute approximate surface area is 294 Å². The number of H-pyrrole nitrogens is 1. The third kappa shape index (κ3) is 5.35. The number of fused-ring (bicyclic) bond motifs is 3. The lowest BCUT2D eigenvalue weighted by Gasteiger charge is -2.20. The van der Waals surface area contributed by atoms with Gasteiger partial charge in [0.05, 0.1) is 26.8 Å². The molecule has 4 aromatic carbocycles. The Morgan fingerprint density at radius 2 is 1.63 bits per heavy atom. The number of rotatable bonds is 5. The summed E-state index contributed by atoms with van der Waals surface area (Å²) in [5.41, 5.74) is 10.8. The third-order valence-electron chi connectivity index (χ3n) is 9.47. The zero-order valence-electron chi connectivity index (χ0n) is 27.2. The normalized spacial score (nSPS) is 17.0. The number of benzene rings is 4. The lowest BCUT2D eigenvalue weighted by atomic mass is 9.84. The fourth-order valence-corrected chi connectivity index (χ4v) is 9.44. The predicted octanol–water partition coefficient (Wildman–Crippen LogP) is 9.46. The molecular weight excluding hydrogens is 637 g/mol. The van der Waals surface area contributed by atoms with Crippen LogP contribution in [0, 0.1) is 35.5 Å². The number of hydrogen-bond donors (Lipinski definition) is 1. The molecule has 2 aliphatic rings. The molecule has 6 heteroatoms. The van der Waals surface area contributed by atoms with E-state index in [1.807, 2.05) is 42.5 Å². The molecule has 1 aliphatic carbocycles. The number of nitrogens with zero attached hydrogens (tertiary/aromatic N) is 3. The van der Waals surface area contributed by atoms with E-state index in [0.717, 1.165) is 84.0 Å². The molecule has 1 aliphatic heterocycles. The van der Waals surface area contributed by atoms with E-state index in [2.05, 4.69) is 97.7 Å². The molecule has 0 fully saturated rings. The highest BCUT2D eigenvalue weighted by Crippen LogP contribution is 2.48. The van der Waals surface area contributed by atoms with Crippen LogP contribution in [0.4, 0.5) is 0 Å². The Balaban J connectivity index is 1.53. The van der Waals surface area contributed by atoms with E-state index < -0.39 is 0 Å². The smallest absolute Gasteiger partial charge is 0.137 e. The topological polar surface area (TPSA) is 76.3 Å². The molecule has 0 radical (unpaired) electrons. The van der Waals surface area contributed by atoms with Crippen LogP contribution in [0.15, 0.2) is 125 Å². The van der Waals surface area contributed by atoms with Gasteiger partial charge in [0.1, 0.15) is 22.7 Å². The molecule has 1 atom stereocenters. The summed E-state index contributed by atoms with van der Waals surface area (Å²) in [6.07, 6.45) is 4.85. The maximum Gasteiger partial charge on any atom is 0.137 e. The largest absolute Gasteiger partial charge is 0.353 e. The van der Waals surface area contributed by atoms with Crippen LogP contribution in [0.3, 0.4) is 0 Å². The SMILES string of the molecule is CCC1C(=C(C#N)C2=CCCc3ccccc3S2)c2c(-c3ccccc3)[nH]c(=C(C#N)c3nc4ccccc4s3)c2=C1c1cccc(C)c1. The molecule has 1 unspecified atom stereocenters. The average molecular weight is 669 g/mol. The van der Waals surface area contributed by atoms with Gasteiger partial charge < -0.3 is 4.98 Å². The third-order valence-corrected chi connectivity index (χ3v) is 11.7. The fourth-order valence-electron chi connectivity index (χ4n) is 7.33. The van der Waals surface area contributed by atoms with Crippen molar-refractivity contribution in [1.29, 1.82) is 10.5 Å². The average Bonchev–Trinajstić information content (AvgIpc) is 3.77. The zero-order chi connectivity index (χ0) is 33.5. The second-order valence-corrected chi connectivity index (χ2v) is 14.5. The summed E-state index contributed by atoms with van der Waals surface area (Å²) in [6.45, 7) is 4.32. The number of allylic oxidation sites excluding steroid dienone is 3. The van der Waals surface area contributed by atoms with Crippen molar-refractivity contribution in [2.24, 2.45) is 5.92 Å². The first-order valence-electron chi connectivity index (χ1n) is 16.6. The molecule has 0 saturated heterocycles. The molecule has 4 nitrogen and oxygen atoms in total. The summed E-state index contributed by atoms with van der Waals surface area (Å²) >= 11 is 3.23. The Hall–Kier alpha value is -5.40. The minimum absolute atomic E-state index is 0.0624. The van der Waals surface area contributed by atoms with Gasteiger partial charge >= 0.3 is 0 Å². The molecule has 8 rings (SSSR count). The summed E-state index contributed by atoms with van der Waals surface area (Å²) in [6, 6.07) is 40.8. The van der Waals surface area contributed by atoms with Crippen molar-refractivity contribution in [2.45, 2.75) is 38.0 Å². The molecule has 49 heavy (non-hydrogen) atoms. The highest BCUT2D eigenvalue weighted by atomic mass is 32.2. The number of nitriles is 2. The van der Waals surface area contributed by atoms with E-state index in [1.54, 1.807) is 11.8 Å². The number of hydrogen-bond acceptors (Lipinski definition) is 5. The molecule has 0 bridgehead atoms. The molecular formula is C43H32N4S2. The molecule has 1 N–H and O–H groups in total. The minimum Gasteiger partial charge on any atom is -0.353 e. The number of aromatic amines is 1. The van der Waals surface area contributed by atoms with Crippen LogP contribution in [-0.4, -0.2) is 9.97 Å². The second kappa shape index (κ2) is 12.9. The standard InChI is InChI=1S/C43H32N4S2/c1-3-30-37(29-18-11-13-26(2)23-29)39-40(38(30)31(24-44)35-22-12-17-27-14-7-9-20-34(27)48-35)41(28-15-5-4-6-16-28)47-42(39)32(25-45)43-46-33-19-8-10-21-36(33)49-43/h4-11,13-16,18-23,30,47H,3,12,17H2,1-2H3. The first-order chi connectivity index (χ1) is 24.1. The minimum atomic E-state index is -0.0624. The number of nitrogens with one attached hydrogen (secondary N) is 1. The van der Waals surface area contributed by atoms with Gasteiger partial charge in [0.2, 0.25) is 0 Å². The summed E-state index contributed by atoms with van der Waals surface area (Å²) in [7, 11) is 0.